The average Bonchev–Trinajstić information content (AvgIpc) is 3.30. The van der Waals surface area contributed by atoms with Crippen molar-refractivity contribution in [1.82, 2.24) is 0 Å². The summed E-state index contributed by atoms with van der Waals surface area (Å²) in [6.45, 7) is 6.40. The van der Waals surface area contributed by atoms with Gasteiger partial charge in [0, 0.05) is 19.3 Å². The molecule has 0 radical (unpaired) electrons. The van der Waals surface area contributed by atoms with Crippen molar-refractivity contribution < 1.29 is 28.6 Å². The van der Waals surface area contributed by atoms with Crippen molar-refractivity contribution in [2.24, 2.45) is 0 Å². The van der Waals surface area contributed by atoms with Crippen LogP contribution in [0.1, 0.15) is 252 Å². The van der Waals surface area contributed by atoms with Gasteiger partial charge in [0.15, 0.2) is 6.10 Å². The summed E-state index contributed by atoms with van der Waals surface area (Å²) in [7, 11) is 0. The predicted octanol–water partition coefficient (Wildman–Crippen LogP) is 18.0. The number of allylic oxidation sites excluding steroid dienone is 14. The Bertz CT molecular complexity index is 1270. The molecule has 0 N–H and O–H groups in total. The largest absolute Gasteiger partial charge is 0.462 e. The number of carbonyl (C=O) groups is 3. The van der Waals surface area contributed by atoms with Gasteiger partial charge in [-0.05, 0) is 96.3 Å². The molecule has 0 fully saturated rings. The Morgan fingerprint density at radius 3 is 1.06 bits per heavy atom. The topological polar surface area (TPSA) is 78.9 Å². The van der Waals surface area contributed by atoms with Crippen LogP contribution in [0.3, 0.4) is 0 Å². The van der Waals surface area contributed by atoms with E-state index < -0.39 is 12.1 Å². The molecule has 1 atom stereocenters. The molecule has 0 aromatic rings. The number of unbranched alkanes of at least 4 members (excludes halogenated alkanes) is 23. The van der Waals surface area contributed by atoms with E-state index in [4.69, 9.17) is 14.2 Å². The molecule has 0 saturated heterocycles. The van der Waals surface area contributed by atoms with Gasteiger partial charge < -0.3 is 14.2 Å². The van der Waals surface area contributed by atoms with Crippen molar-refractivity contribution >= 4 is 17.9 Å². The van der Waals surface area contributed by atoms with Crippen molar-refractivity contribution in [2.45, 2.75) is 258 Å². The Hall–Kier alpha value is -3.41. The average molecular weight is 905 g/mol. The molecule has 0 aliphatic carbocycles. The van der Waals surface area contributed by atoms with Gasteiger partial charge in [-0.15, -0.1) is 0 Å². The van der Waals surface area contributed by atoms with Crippen molar-refractivity contribution in [1.29, 1.82) is 0 Å². The highest BCUT2D eigenvalue weighted by Gasteiger charge is 2.19. The first kappa shape index (κ1) is 61.6. The van der Waals surface area contributed by atoms with E-state index in [-0.39, 0.29) is 31.6 Å². The maximum atomic E-state index is 12.7. The molecule has 6 nitrogen and oxygen atoms in total. The molecule has 6 heteroatoms. The zero-order chi connectivity index (χ0) is 47.2. The van der Waals surface area contributed by atoms with Gasteiger partial charge in [-0.25, -0.2) is 0 Å². The molecule has 372 valence electrons. The maximum absolute atomic E-state index is 12.7. The number of ether oxygens (including phenoxy) is 3. The van der Waals surface area contributed by atoms with E-state index in [9.17, 15) is 14.4 Å². The predicted molar refractivity (Wildman–Crippen MR) is 279 cm³/mol. The standard InChI is InChI=1S/C59H100O6/c1-4-7-10-13-16-19-22-24-25-26-27-28-29-30-31-32-33-35-37-40-43-46-49-52-58(61)64-55-56(54-63-57(60)51-48-45-42-39-36-21-18-15-12-9-6-3)65-59(62)53-50-47-44-41-38-34-23-20-17-14-11-8-5-2/h8,11,15,17-18,20,22,24,26-27,34,38,44,47,56H,4-7,9-10,12-14,16,19,21,23,25,28-33,35-37,39-43,45-46,48-55H2,1-3H3/b11-8-,18-15-,20-17-,24-22-,27-26-,38-34-,47-44-. The normalized spacial score (nSPS) is 12.7. The molecule has 0 bridgehead atoms. The van der Waals surface area contributed by atoms with Crippen LogP contribution in [0.25, 0.3) is 0 Å². The minimum absolute atomic E-state index is 0.109. The van der Waals surface area contributed by atoms with Crippen LogP contribution in [-0.4, -0.2) is 37.2 Å². The Labute approximate surface area is 401 Å². The lowest BCUT2D eigenvalue weighted by Crippen LogP contribution is -2.30. The van der Waals surface area contributed by atoms with E-state index in [0.717, 1.165) is 83.5 Å². The lowest BCUT2D eigenvalue weighted by atomic mass is 10.0. The molecule has 0 rings (SSSR count). The smallest absolute Gasteiger partial charge is 0.306 e. The first-order chi connectivity index (χ1) is 32.0. The van der Waals surface area contributed by atoms with Crippen molar-refractivity contribution in [3.05, 3.63) is 85.1 Å². The van der Waals surface area contributed by atoms with Gasteiger partial charge in [-0.3, -0.25) is 14.4 Å². The van der Waals surface area contributed by atoms with Crippen LogP contribution < -0.4 is 0 Å². The Morgan fingerprint density at radius 2 is 0.646 bits per heavy atom. The Kier molecular flexibility index (Phi) is 50.4. The monoisotopic (exact) mass is 905 g/mol. The van der Waals surface area contributed by atoms with Gasteiger partial charge in [0.1, 0.15) is 13.2 Å². The molecule has 0 spiro atoms. The lowest BCUT2D eigenvalue weighted by Gasteiger charge is -2.18. The second-order valence-corrected chi connectivity index (χ2v) is 17.7. The van der Waals surface area contributed by atoms with Crippen LogP contribution in [0.5, 0.6) is 0 Å². The number of carbonyl (C=O) groups excluding carboxylic acids is 3. The minimum atomic E-state index is -0.818. The number of esters is 3. The zero-order valence-corrected chi connectivity index (χ0v) is 42.5. The highest BCUT2D eigenvalue weighted by molar-refractivity contribution is 5.71. The lowest BCUT2D eigenvalue weighted by molar-refractivity contribution is -0.166. The molecule has 1 unspecified atom stereocenters. The summed E-state index contributed by atoms with van der Waals surface area (Å²) in [5.41, 5.74) is 0. The van der Waals surface area contributed by atoms with Gasteiger partial charge in [-0.1, -0.05) is 221 Å². The fourth-order valence-electron chi connectivity index (χ4n) is 7.29. The third-order valence-corrected chi connectivity index (χ3v) is 11.4. The van der Waals surface area contributed by atoms with Crippen LogP contribution in [0, 0.1) is 0 Å². The van der Waals surface area contributed by atoms with Crippen molar-refractivity contribution in [3.8, 4) is 0 Å². The van der Waals surface area contributed by atoms with E-state index in [1.807, 2.05) is 12.2 Å². The van der Waals surface area contributed by atoms with Gasteiger partial charge >= 0.3 is 17.9 Å². The van der Waals surface area contributed by atoms with Crippen LogP contribution in [0.2, 0.25) is 0 Å². The van der Waals surface area contributed by atoms with E-state index in [1.54, 1.807) is 0 Å². The molecular formula is C59H100O6. The van der Waals surface area contributed by atoms with Crippen LogP contribution in [0.4, 0.5) is 0 Å². The third-order valence-electron chi connectivity index (χ3n) is 11.4. The molecule has 0 heterocycles. The Balaban J connectivity index is 4.33. The summed E-state index contributed by atoms with van der Waals surface area (Å²) in [4.78, 5) is 37.9. The zero-order valence-electron chi connectivity index (χ0n) is 42.5. The van der Waals surface area contributed by atoms with Gasteiger partial charge in [0.25, 0.3) is 0 Å². The number of hydrogen-bond donors (Lipinski definition) is 0. The van der Waals surface area contributed by atoms with Gasteiger partial charge in [0.05, 0.1) is 0 Å². The van der Waals surface area contributed by atoms with E-state index in [0.29, 0.717) is 19.3 Å². The molecule has 0 aliphatic rings. The van der Waals surface area contributed by atoms with Gasteiger partial charge in [-0.2, -0.15) is 0 Å². The summed E-state index contributed by atoms with van der Waals surface area (Å²) in [6.07, 6.45) is 68.8. The summed E-state index contributed by atoms with van der Waals surface area (Å²) in [6, 6.07) is 0. The van der Waals surface area contributed by atoms with Gasteiger partial charge in [0.2, 0.25) is 0 Å². The van der Waals surface area contributed by atoms with Crippen LogP contribution >= 0.6 is 0 Å². The quantitative estimate of drug-likeness (QED) is 0.0262. The van der Waals surface area contributed by atoms with E-state index in [1.165, 1.54) is 122 Å². The fourth-order valence-corrected chi connectivity index (χ4v) is 7.29. The molecule has 0 saturated carbocycles. The molecule has 0 amide bonds. The first-order valence-corrected chi connectivity index (χ1v) is 27.1. The highest BCUT2D eigenvalue weighted by Crippen LogP contribution is 2.14. The molecule has 0 aliphatic heterocycles. The van der Waals surface area contributed by atoms with E-state index >= 15 is 0 Å². The fraction of sp³-hybridized carbons (Fsp3) is 0.712. The van der Waals surface area contributed by atoms with Crippen LogP contribution in [0.15, 0.2) is 85.1 Å². The number of hydrogen-bond acceptors (Lipinski definition) is 6. The SMILES string of the molecule is CC/C=C\C/C=C\C/C=C\C/C=C\CCC(=O)OC(COC(=O)CCCCCCC/C=C\CCCC)COC(=O)CCCCCCCCCCCCC/C=C\C/C=C\CCCCCCC. The molecule has 0 aromatic heterocycles. The molecule has 0 aromatic carbocycles. The number of rotatable bonds is 48. The second kappa shape index (κ2) is 53.2. The minimum Gasteiger partial charge on any atom is -0.462 e. The van der Waals surface area contributed by atoms with Crippen molar-refractivity contribution in [2.75, 3.05) is 13.2 Å². The second-order valence-electron chi connectivity index (χ2n) is 17.7. The Morgan fingerprint density at radius 1 is 0.323 bits per heavy atom. The summed E-state index contributed by atoms with van der Waals surface area (Å²) < 4.78 is 16.7. The first-order valence-electron chi connectivity index (χ1n) is 27.1. The van der Waals surface area contributed by atoms with E-state index in [2.05, 4.69) is 93.7 Å². The molecular weight excluding hydrogens is 805 g/mol. The highest BCUT2D eigenvalue weighted by atomic mass is 16.6. The summed E-state index contributed by atoms with van der Waals surface area (Å²) in [5.74, 6) is -1.00. The molecule has 65 heavy (non-hydrogen) atoms. The van der Waals surface area contributed by atoms with Crippen LogP contribution in [-0.2, 0) is 28.6 Å². The third kappa shape index (κ3) is 51.4. The maximum Gasteiger partial charge on any atom is 0.306 e. The summed E-state index contributed by atoms with van der Waals surface area (Å²) >= 11 is 0. The summed E-state index contributed by atoms with van der Waals surface area (Å²) in [5, 5.41) is 0. The van der Waals surface area contributed by atoms with Crippen molar-refractivity contribution in [3.63, 3.8) is 0 Å².